The molecule has 2 aromatic carbocycles. The van der Waals surface area contributed by atoms with Crippen molar-refractivity contribution in [2.45, 2.75) is 12.5 Å². The van der Waals surface area contributed by atoms with Gasteiger partial charge in [0.05, 0.1) is 6.04 Å². The fraction of sp³-hybridized carbons (Fsp3) is 0.176. The van der Waals surface area contributed by atoms with Crippen LogP contribution in [0.4, 0.5) is 10.5 Å². The summed E-state index contributed by atoms with van der Waals surface area (Å²) in [6, 6.07) is 16.3. The normalized spacial score (nSPS) is 16.7. The second-order valence-corrected chi connectivity index (χ2v) is 5.26. The van der Waals surface area contributed by atoms with Crippen molar-refractivity contribution < 1.29 is 14.7 Å². The van der Waals surface area contributed by atoms with Crippen molar-refractivity contribution in [2.75, 3.05) is 11.4 Å². The number of rotatable bonds is 2. The van der Waals surface area contributed by atoms with Crippen LogP contribution in [0.1, 0.15) is 15.9 Å². The average Bonchev–Trinajstić information content (AvgIpc) is 2.53. The molecule has 1 aliphatic rings. The van der Waals surface area contributed by atoms with E-state index >= 15 is 0 Å². The Morgan fingerprint density at radius 2 is 1.73 bits per heavy atom. The van der Waals surface area contributed by atoms with Crippen LogP contribution >= 0.6 is 0 Å². The zero-order valence-corrected chi connectivity index (χ0v) is 11.9. The molecule has 0 aromatic heterocycles. The molecule has 2 N–H and O–H groups in total. The van der Waals surface area contributed by atoms with E-state index in [2.05, 4.69) is 5.32 Å². The highest BCUT2D eigenvalue weighted by Gasteiger charge is 2.29. The number of fused-ring (bicyclic) bond motifs is 1. The average molecular weight is 296 g/mol. The summed E-state index contributed by atoms with van der Waals surface area (Å²) in [4.78, 5) is 25.3. The van der Waals surface area contributed by atoms with Crippen LogP contribution in [0.5, 0.6) is 0 Å². The Hall–Kier alpha value is -2.82. The Bertz CT molecular complexity index is 700. The van der Waals surface area contributed by atoms with Gasteiger partial charge in [0.2, 0.25) is 0 Å². The molecule has 1 atom stereocenters. The third kappa shape index (κ3) is 2.79. The fourth-order valence-electron chi connectivity index (χ4n) is 2.80. The zero-order chi connectivity index (χ0) is 15.5. The molecule has 1 aliphatic heterocycles. The highest BCUT2D eigenvalue weighted by Crippen LogP contribution is 2.28. The standard InChI is InChI=1S/C17H16N2O3/c20-16(12-6-2-1-3-7-12)19-11-14(18-17(21)22)10-13-8-4-5-9-15(13)19/h1-9,14,18H,10-11H2,(H,21,22). The van der Waals surface area contributed by atoms with Gasteiger partial charge in [-0.25, -0.2) is 4.79 Å². The van der Waals surface area contributed by atoms with E-state index in [0.717, 1.165) is 11.3 Å². The van der Waals surface area contributed by atoms with E-state index in [4.69, 9.17) is 5.11 Å². The van der Waals surface area contributed by atoms with Gasteiger partial charge in [-0.3, -0.25) is 4.79 Å². The van der Waals surface area contributed by atoms with Gasteiger partial charge in [0, 0.05) is 17.8 Å². The Morgan fingerprint density at radius 3 is 2.45 bits per heavy atom. The molecule has 2 amide bonds. The molecule has 0 aliphatic carbocycles. The summed E-state index contributed by atoms with van der Waals surface area (Å²) in [6.07, 6.45) is -0.488. The van der Waals surface area contributed by atoms with Gasteiger partial charge in [-0.05, 0) is 30.2 Å². The minimum atomic E-state index is -1.07. The lowest BCUT2D eigenvalue weighted by Gasteiger charge is -2.34. The van der Waals surface area contributed by atoms with Crippen LogP contribution in [0.25, 0.3) is 0 Å². The lowest BCUT2D eigenvalue weighted by molar-refractivity contribution is 0.0981. The van der Waals surface area contributed by atoms with Crippen LogP contribution < -0.4 is 10.2 Å². The molecule has 22 heavy (non-hydrogen) atoms. The predicted molar refractivity (Wildman–Crippen MR) is 83.2 cm³/mol. The number of carbonyl (C=O) groups excluding carboxylic acids is 1. The monoisotopic (exact) mass is 296 g/mol. The van der Waals surface area contributed by atoms with E-state index in [0.29, 0.717) is 18.5 Å². The van der Waals surface area contributed by atoms with Crippen molar-refractivity contribution in [3.8, 4) is 0 Å². The lowest BCUT2D eigenvalue weighted by atomic mass is 9.97. The molecule has 3 rings (SSSR count). The van der Waals surface area contributed by atoms with Crippen LogP contribution in [0.2, 0.25) is 0 Å². The second-order valence-electron chi connectivity index (χ2n) is 5.26. The number of amides is 2. The third-order valence-corrected chi connectivity index (χ3v) is 3.75. The molecule has 0 saturated carbocycles. The number of hydrogen-bond acceptors (Lipinski definition) is 2. The van der Waals surface area contributed by atoms with Crippen LogP contribution in [-0.4, -0.2) is 29.7 Å². The van der Waals surface area contributed by atoms with E-state index in [1.54, 1.807) is 17.0 Å². The summed E-state index contributed by atoms with van der Waals surface area (Å²) >= 11 is 0. The third-order valence-electron chi connectivity index (χ3n) is 3.75. The Morgan fingerprint density at radius 1 is 1.05 bits per heavy atom. The van der Waals surface area contributed by atoms with Crippen LogP contribution in [0.15, 0.2) is 54.6 Å². The topological polar surface area (TPSA) is 69.6 Å². The molecule has 0 saturated heterocycles. The number of nitrogens with one attached hydrogen (secondary N) is 1. The maximum absolute atomic E-state index is 12.7. The summed E-state index contributed by atoms with van der Waals surface area (Å²) in [5, 5.41) is 11.4. The van der Waals surface area contributed by atoms with Crippen LogP contribution in [0.3, 0.4) is 0 Å². The minimum Gasteiger partial charge on any atom is -0.465 e. The van der Waals surface area contributed by atoms with Gasteiger partial charge >= 0.3 is 6.09 Å². The van der Waals surface area contributed by atoms with E-state index in [1.165, 1.54) is 0 Å². The van der Waals surface area contributed by atoms with Crippen LogP contribution in [0, 0.1) is 0 Å². The SMILES string of the molecule is O=C(O)NC1Cc2ccccc2N(C(=O)c2ccccc2)C1. The summed E-state index contributed by atoms with van der Waals surface area (Å²) in [5.41, 5.74) is 2.41. The minimum absolute atomic E-state index is 0.120. The Labute approximate surface area is 128 Å². The van der Waals surface area contributed by atoms with E-state index in [-0.39, 0.29) is 11.9 Å². The number of nitrogens with zero attached hydrogens (tertiary/aromatic N) is 1. The van der Waals surface area contributed by atoms with Gasteiger partial charge in [-0.2, -0.15) is 0 Å². The van der Waals surface area contributed by atoms with Gasteiger partial charge in [0.25, 0.3) is 5.91 Å². The first-order valence-corrected chi connectivity index (χ1v) is 7.09. The molecule has 5 nitrogen and oxygen atoms in total. The van der Waals surface area contributed by atoms with Crippen molar-refractivity contribution in [3.05, 3.63) is 65.7 Å². The highest BCUT2D eigenvalue weighted by molar-refractivity contribution is 6.06. The van der Waals surface area contributed by atoms with Crippen molar-refractivity contribution in [2.24, 2.45) is 0 Å². The number of anilines is 1. The second kappa shape index (κ2) is 5.89. The summed E-state index contributed by atoms with van der Waals surface area (Å²) in [6.45, 7) is 0.330. The van der Waals surface area contributed by atoms with Crippen molar-refractivity contribution in [1.82, 2.24) is 5.32 Å². The first kappa shape index (κ1) is 14.1. The van der Waals surface area contributed by atoms with E-state index in [9.17, 15) is 9.59 Å². The van der Waals surface area contributed by atoms with Crippen LogP contribution in [-0.2, 0) is 6.42 Å². The molecule has 1 heterocycles. The summed E-state index contributed by atoms with van der Waals surface area (Å²) < 4.78 is 0. The molecule has 112 valence electrons. The van der Waals surface area contributed by atoms with Crippen molar-refractivity contribution in [1.29, 1.82) is 0 Å². The largest absolute Gasteiger partial charge is 0.465 e. The van der Waals surface area contributed by atoms with Gasteiger partial charge in [0.1, 0.15) is 0 Å². The number of para-hydroxylation sites is 1. The molecular formula is C17H16N2O3. The fourth-order valence-corrected chi connectivity index (χ4v) is 2.80. The maximum Gasteiger partial charge on any atom is 0.404 e. The van der Waals surface area contributed by atoms with E-state index < -0.39 is 6.09 Å². The number of hydrogen-bond donors (Lipinski definition) is 2. The molecule has 2 aromatic rings. The quantitative estimate of drug-likeness (QED) is 0.894. The molecule has 5 heteroatoms. The summed E-state index contributed by atoms with van der Waals surface area (Å²) in [7, 11) is 0. The highest BCUT2D eigenvalue weighted by atomic mass is 16.4. The number of benzene rings is 2. The molecule has 0 bridgehead atoms. The Kier molecular flexibility index (Phi) is 3.78. The number of carboxylic acid groups (broad SMARTS) is 1. The molecule has 0 radical (unpaired) electrons. The molecule has 1 unspecified atom stereocenters. The van der Waals surface area contributed by atoms with Gasteiger partial charge in [0.15, 0.2) is 0 Å². The smallest absolute Gasteiger partial charge is 0.404 e. The predicted octanol–water partition coefficient (Wildman–Crippen LogP) is 2.53. The van der Waals surface area contributed by atoms with Gasteiger partial charge < -0.3 is 15.3 Å². The van der Waals surface area contributed by atoms with Crippen molar-refractivity contribution in [3.63, 3.8) is 0 Å². The summed E-state index contributed by atoms with van der Waals surface area (Å²) in [5.74, 6) is -0.120. The molecule has 0 spiro atoms. The lowest BCUT2D eigenvalue weighted by Crippen LogP contribution is -2.50. The first-order chi connectivity index (χ1) is 10.6. The first-order valence-electron chi connectivity index (χ1n) is 7.09. The van der Waals surface area contributed by atoms with Gasteiger partial charge in [-0.1, -0.05) is 36.4 Å². The zero-order valence-electron chi connectivity index (χ0n) is 11.9. The Balaban J connectivity index is 1.95. The van der Waals surface area contributed by atoms with E-state index in [1.807, 2.05) is 42.5 Å². The number of carbonyl (C=O) groups is 2. The molecule has 0 fully saturated rings. The maximum atomic E-state index is 12.7. The van der Waals surface area contributed by atoms with Crippen molar-refractivity contribution >= 4 is 17.7 Å². The molecular weight excluding hydrogens is 280 g/mol. The van der Waals surface area contributed by atoms with Gasteiger partial charge in [-0.15, -0.1) is 0 Å².